The molecule has 0 saturated heterocycles. The minimum absolute atomic E-state index is 0.00482. The van der Waals surface area contributed by atoms with E-state index in [1.165, 1.54) is 0 Å². The summed E-state index contributed by atoms with van der Waals surface area (Å²) in [6.45, 7) is 1.89. The van der Waals surface area contributed by atoms with Crippen LogP contribution in [0.4, 0.5) is 0 Å². The van der Waals surface area contributed by atoms with E-state index < -0.39 is 0 Å². The number of rotatable bonds is 5. The first-order valence-electron chi connectivity index (χ1n) is 7.21. The number of ether oxygens (including phenoxy) is 1. The summed E-state index contributed by atoms with van der Waals surface area (Å²) >= 11 is 0. The predicted molar refractivity (Wildman–Crippen MR) is 85.5 cm³/mol. The zero-order chi connectivity index (χ0) is 16.2. The molecule has 0 aliphatic carbocycles. The van der Waals surface area contributed by atoms with Crippen LogP contribution in [0.1, 0.15) is 21.6 Å². The molecule has 2 heterocycles. The van der Waals surface area contributed by atoms with Crippen molar-refractivity contribution in [3.63, 3.8) is 0 Å². The molecule has 0 atom stereocenters. The van der Waals surface area contributed by atoms with E-state index in [0.29, 0.717) is 22.7 Å². The largest absolute Gasteiger partial charge is 0.497 e. The Morgan fingerprint density at radius 1 is 1.17 bits per heavy atom. The fourth-order valence-corrected chi connectivity index (χ4v) is 2.35. The highest BCUT2D eigenvalue weighted by molar-refractivity contribution is 5.98. The van der Waals surface area contributed by atoms with Gasteiger partial charge in [0.1, 0.15) is 11.4 Å². The quantitative estimate of drug-likeness (QED) is 0.675. The molecule has 0 aliphatic heterocycles. The summed E-state index contributed by atoms with van der Waals surface area (Å²) in [6, 6.07) is 12.6. The third-order valence-electron chi connectivity index (χ3n) is 3.57. The lowest BCUT2D eigenvalue weighted by Gasteiger charge is -2.07. The first kappa shape index (κ1) is 15.0. The summed E-state index contributed by atoms with van der Waals surface area (Å²) in [6.07, 6.45) is 1.79. The summed E-state index contributed by atoms with van der Waals surface area (Å²) in [7, 11) is 1.60. The second-order valence-corrected chi connectivity index (χ2v) is 5.17. The lowest BCUT2D eigenvalue weighted by molar-refractivity contribution is 0.0991. The van der Waals surface area contributed by atoms with E-state index in [1.54, 1.807) is 43.7 Å². The Morgan fingerprint density at radius 2 is 2.04 bits per heavy atom. The number of carbonyl (C=O) groups excluding carboxylic acids is 1. The average Bonchev–Trinajstić information content (AvgIpc) is 3.09. The number of aryl methyl sites for hydroxylation is 1. The fraction of sp³-hybridized carbons (Fsp3) is 0.167. The van der Waals surface area contributed by atoms with Crippen molar-refractivity contribution in [2.75, 3.05) is 7.11 Å². The minimum atomic E-state index is 0.00482. The van der Waals surface area contributed by atoms with Gasteiger partial charge in [0, 0.05) is 5.56 Å². The Bertz CT molecular complexity index is 809. The number of methoxy groups -OCH3 is 1. The van der Waals surface area contributed by atoms with Crippen LogP contribution >= 0.6 is 0 Å². The lowest BCUT2D eigenvalue weighted by Crippen LogP contribution is -2.08. The van der Waals surface area contributed by atoms with E-state index >= 15 is 0 Å². The average molecular weight is 308 g/mol. The molecule has 3 rings (SSSR count). The molecule has 0 aliphatic rings. The van der Waals surface area contributed by atoms with Crippen LogP contribution in [-0.2, 0) is 6.42 Å². The molecule has 0 saturated carbocycles. The van der Waals surface area contributed by atoms with Crippen LogP contribution in [0.2, 0.25) is 0 Å². The lowest BCUT2D eigenvalue weighted by atomic mass is 10.0. The van der Waals surface area contributed by atoms with Gasteiger partial charge in [-0.3, -0.25) is 4.79 Å². The number of furan rings is 1. The summed E-state index contributed by atoms with van der Waals surface area (Å²) in [5.74, 6) is 1.40. The van der Waals surface area contributed by atoms with Crippen molar-refractivity contribution in [1.29, 1.82) is 0 Å². The molecule has 0 amide bonds. The maximum absolute atomic E-state index is 12.4. The molecule has 116 valence electrons. The number of hydrogen-bond donors (Lipinski definition) is 0. The molecule has 0 spiro atoms. The van der Waals surface area contributed by atoms with Crippen LogP contribution in [0, 0.1) is 6.92 Å². The molecule has 2 aromatic heterocycles. The van der Waals surface area contributed by atoms with Crippen molar-refractivity contribution < 1.29 is 13.9 Å². The van der Waals surface area contributed by atoms with E-state index in [9.17, 15) is 4.79 Å². The van der Waals surface area contributed by atoms with Crippen LogP contribution in [0.5, 0.6) is 5.75 Å². The second kappa shape index (κ2) is 6.44. The van der Waals surface area contributed by atoms with E-state index in [1.807, 2.05) is 19.1 Å². The Kier molecular flexibility index (Phi) is 4.19. The van der Waals surface area contributed by atoms with Crippen molar-refractivity contribution in [3.8, 4) is 17.2 Å². The standard InChI is InChI=1S/C18H16N2O3/c1-12-10-14(22-2)6-7-15(12)17(21)11-13-5-8-16(20-19-13)18-4-3-9-23-18/h3-10H,11H2,1-2H3. The molecular weight excluding hydrogens is 292 g/mol. The van der Waals surface area contributed by atoms with Crippen molar-refractivity contribution in [2.24, 2.45) is 0 Å². The van der Waals surface area contributed by atoms with Crippen molar-refractivity contribution in [3.05, 3.63) is 65.5 Å². The van der Waals surface area contributed by atoms with Gasteiger partial charge in [-0.15, -0.1) is 5.10 Å². The number of nitrogens with zero attached hydrogens (tertiary/aromatic N) is 2. The number of benzene rings is 1. The predicted octanol–water partition coefficient (Wildman–Crippen LogP) is 3.48. The number of ketones is 1. The molecule has 0 bridgehead atoms. The Balaban J connectivity index is 1.75. The molecule has 0 N–H and O–H groups in total. The molecular formula is C18H16N2O3. The van der Waals surface area contributed by atoms with Gasteiger partial charge in [0.15, 0.2) is 11.5 Å². The molecule has 5 nitrogen and oxygen atoms in total. The highest BCUT2D eigenvalue weighted by Crippen LogP contribution is 2.19. The Hall–Kier alpha value is -2.95. The van der Waals surface area contributed by atoms with Gasteiger partial charge in [-0.05, 0) is 55.0 Å². The number of carbonyl (C=O) groups is 1. The van der Waals surface area contributed by atoms with E-state index in [0.717, 1.165) is 11.3 Å². The molecule has 0 unspecified atom stereocenters. The molecule has 0 fully saturated rings. The number of aromatic nitrogens is 2. The van der Waals surface area contributed by atoms with Gasteiger partial charge in [-0.25, -0.2) is 0 Å². The van der Waals surface area contributed by atoms with Gasteiger partial charge in [0.25, 0.3) is 0 Å². The first-order valence-corrected chi connectivity index (χ1v) is 7.21. The topological polar surface area (TPSA) is 65.2 Å². The van der Waals surface area contributed by atoms with Gasteiger partial charge < -0.3 is 9.15 Å². The summed E-state index contributed by atoms with van der Waals surface area (Å²) in [5, 5.41) is 8.21. The van der Waals surface area contributed by atoms with Crippen molar-refractivity contribution in [1.82, 2.24) is 10.2 Å². The molecule has 3 aromatic rings. The van der Waals surface area contributed by atoms with Gasteiger partial charge in [0.2, 0.25) is 0 Å². The minimum Gasteiger partial charge on any atom is -0.497 e. The zero-order valence-electron chi connectivity index (χ0n) is 12.9. The van der Waals surface area contributed by atoms with Gasteiger partial charge in [0.05, 0.1) is 25.5 Å². The Labute approximate surface area is 133 Å². The highest BCUT2D eigenvalue weighted by Gasteiger charge is 2.12. The number of Topliss-reactive ketones (excluding diaryl/α,β-unsaturated/α-hetero) is 1. The summed E-state index contributed by atoms with van der Waals surface area (Å²) in [4.78, 5) is 12.4. The van der Waals surface area contributed by atoms with Crippen LogP contribution in [-0.4, -0.2) is 23.1 Å². The SMILES string of the molecule is COc1ccc(C(=O)Cc2ccc(-c3ccco3)nn2)c(C)c1. The van der Waals surface area contributed by atoms with Crippen molar-refractivity contribution in [2.45, 2.75) is 13.3 Å². The molecule has 23 heavy (non-hydrogen) atoms. The van der Waals surface area contributed by atoms with Crippen LogP contribution < -0.4 is 4.74 Å². The molecule has 0 radical (unpaired) electrons. The zero-order valence-corrected chi connectivity index (χ0v) is 12.9. The Morgan fingerprint density at radius 3 is 2.65 bits per heavy atom. The molecule has 1 aromatic carbocycles. The summed E-state index contributed by atoms with van der Waals surface area (Å²) in [5.41, 5.74) is 2.82. The van der Waals surface area contributed by atoms with E-state index in [-0.39, 0.29) is 12.2 Å². The first-order chi connectivity index (χ1) is 11.2. The van der Waals surface area contributed by atoms with E-state index in [2.05, 4.69) is 10.2 Å². The maximum Gasteiger partial charge on any atom is 0.169 e. The van der Waals surface area contributed by atoms with Crippen LogP contribution in [0.15, 0.2) is 53.1 Å². The van der Waals surface area contributed by atoms with Crippen LogP contribution in [0.25, 0.3) is 11.5 Å². The molecule has 5 heteroatoms. The smallest absolute Gasteiger partial charge is 0.169 e. The third kappa shape index (κ3) is 3.29. The van der Waals surface area contributed by atoms with Crippen molar-refractivity contribution >= 4 is 5.78 Å². The third-order valence-corrected chi connectivity index (χ3v) is 3.57. The van der Waals surface area contributed by atoms with E-state index in [4.69, 9.17) is 9.15 Å². The normalized spacial score (nSPS) is 10.5. The maximum atomic E-state index is 12.4. The number of hydrogen-bond acceptors (Lipinski definition) is 5. The fourth-order valence-electron chi connectivity index (χ4n) is 2.35. The van der Waals surface area contributed by atoms with Gasteiger partial charge in [-0.2, -0.15) is 5.10 Å². The van der Waals surface area contributed by atoms with Gasteiger partial charge in [-0.1, -0.05) is 0 Å². The highest BCUT2D eigenvalue weighted by atomic mass is 16.5. The monoisotopic (exact) mass is 308 g/mol. The summed E-state index contributed by atoms with van der Waals surface area (Å²) < 4.78 is 10.4. The van der Waals surface area contributed by atoms with Crippen LogP contribution in [0.3, 0.4) is 0 Å². The second-order valence-electron chi connectivity index (χ2n) is 5.17. The van der Waals surface area contributed by atoms with Gasteiger partial charge >= 0.3 is 0 Å².